The molecule has 0 bridgehead atoms. The summed E-state index contributed by atoms with van der Waals surface area (Å²) in [6.45, 7) is 2.80. The van der Waals surface area contributed by atoms with Gasteiger partial charge in [0.2, 0.25) is 0 Å². The smallest absolute Gasteiger partial charge is 0.251 e. The van der Waals surface area contributed by atoms with E-state index in [2.05, 4.69) is 26.3 Å². The van der Waals surface area contributed by atoms with Crippen molar-refractivity contribution in [2.75, 3.05) is 25.5 Å². The van der Waals surface area contributed by atoms with Crippen molar-refractivity contribution in [1.29, 1.82) is 0 Å². The van der Waals surface area contributed by atoms with Crippen LogP contribution in [0.1, 0.15) is 30.0 Å². The molecule has 1 saturated heterocycles. The van der Waals surface area contributed by atoms with Gasteiger partial charge in [0.25, 0.3) is 5.56 Å². The highest BCUT2D eigenvalue weighted by Crippen LogP contribution is 2.28. The maximum absolute atomic E-state index is 12.2. The molecule has 6 nitrogen and oxygen atoms in total. The van der Waals surface area contributed by atoms with Gasteiger partial charge in [0.15, 0.2) is 0 Å². The van der Waals surface area contributed by atoms with Crippen LogP contribution >= 0.6 is 11.3 Å². The highest BCUT2D eigenvalue weighted by molar-refractivity contribution is 7.13. The van der Waals surface area contributed by atoms with Crippen molar-refractivity contribution in [2.24, 2.45) is 0 Å². The zero-order chi connectivity index (χ0) is 18.6. The molecule has 1 aliphatic heterocycles. The molecule has 27 heavy (non-hydrogen) atoms. The highest BCUT2D eigenvalue weighted by atomic mass is 32.1. The lowest BCUT2D eigenvalue weighted by atomic mass is 9.94. The Bertz CT molecular complexity index is 953. The number of hydrogen-bond donors (Lipinski definition) is 2. The molecule has 0 spiro atoms. The maximum Gasteiger partial charge on any atom is 0.251 e. The van der Waals surface area contributed by atoms with E-state index in [0.29, 0.717) is 5.82 Å². The van der Waals surface area contributed by atoms with Gasteiger partial charge in [0, 0.05) is 43.9 Å². The van der Waals surface area contributed by atoms with E-state index in [4.69, 9.17) is 4.98 Å². The molecule has 0 aromatic carbocycles. The molecule has 3 aromatic heterocycles. The molecule has 1 fully saturated rings. The van der Waals surface area contributed by atoms with Crippen LogP contribution in [0.25, 0.3) is 10.7 Å². The molecule has 0 unspecified atom stereocenters. The minimum absolute atomic E-state index is 0.0785. The fourth-order valence-electron chi connectivity index (χ4n) is 3.69. The van der Waals surface area contributed by atoms with Crippen LogP contribution in [0, 0.1) is 0 Å². The molecular weight excluding hydrogens is 358 g/mol. The molecule has 1 aliphatic rings. The van der Waals surface area contributed by atoms with Crippen LogP contribution in [0.5, 0.6) is 0 Å². The van der Waals surface area contributed by atoms with Crippen molar-refractivity contribution in [3.63, 3.8) is 0 Å². The lowest BCUT2D eigenvalue weighted by Crippen LogP contribution is -2.35. The van der Waals surface area contributed by atoms with Crippen LogP contribution in [0.2, 0.25) is 0 Å². The number of nitrogens with one attached hydrogen (secondary N) is 2. The Hall–Kier alpha value is -2.51. The largest absolute Gasteiger partial charge is 0.373 e. The van der Waals surface area contributed by atoms with Crippen molar-refractivity contribution >= 4 is 17.2 Å². The zero-order valence-electron chi connectivity index (χ0n) is 15.3. The Balaban J connectivity index is 1.54. The quantitative estimate of drug-likeness (QED) is 0.709. The van der Waals surface area contributed by atoms with Crippen molar-refractivity contribution in [1.82, 2.24) is 19.9 Å². The van der Waals surface area contributed by atoms with Crippen LogP contribution in [-0.2, 0) is 6.54 Å². The lowest BCUT2D eigenvalue weighted by Gasteiger charge is -2.32. The monoisotopic (exact) mass is 381 g/mol. The molecule has 4 rings (SSSR count). The minimum Gasteiger partial charge on any atom is -0.373 e. The predicted octanol–water partition coefficient (Wildman–Crippen LogP) is 3.31. The Morgan fingerprint density at radius 3 is 3.11 bits per heavy atom. The second-order valence-corrected chi connectivity index (χ2v) is 7.78. The van der Waals surface area contributed by atoms with Crippen LogP contribution in [0.4, 0.5) is 5.82 Å². The van der Waals surface area contributed by atoms with E-state index in [1.165, 1.54) is 5.56 Å². The first-order chi connectivity index (χ1) is 13.2. The Morgan fingerprint density at radius 2 is 2.30 bits per heavy atom. The number of hydrogen-bond acceptors (Lipinski definition) is 6. The molecule has 0 amide bonds. The average Bonchev–Trinajstić information content (AvgIpc) is 3.23. The van der Waals surface area contributed by atoms with E-state index in [1.807, 2.05) is 30.6 Å². The van der Waals surface area contributed by atoms with Gasteiger partial charge in [0.1, 0.15) is 11.6 Å². The summed E-state index contributed by atoms with van der Waals surface area (Å²) in [5.74, 6) is 1.87. The van der Waals surface area contributed by atoms with Crippen molar-refractivity contribution < 1.29 is 0 Å². The van der Waals surface area contributed by atoms with Gasteiger partial charge in [0.05, 0.1) is 10.6 Å². The van der Waals surface area contributed by atoms with Crippen LogP contribution in [0.15, 0.2) is 46.7 Å². The van der Waals surface area contributed by atoms with Gasteiger partial charge >= 0.3 is 0 Å². The Morgan fingerprint density at radius 1 is 1.37 bits per heavy atom. The second-order valence-electron chi connectivity index (χ2n) is 6.83. The zero-order valence-corrected chi connectivity index (χ0v) is 16.1. The van der Waals surface area contributed by atoms with Gasteiger partial charge in [-0.15, -0.1) is 11.3 Å². The summed E-state index contributed by atoms with van der Waals surface area (Å²) in [5, 5.41) is 5.16. The number of anilines is 1. The summed E-state index contributed by atoms with van der Waals surface area (Å²) in [4.78, 5) is 27.7. The van der Waals surface area contributed by atoms with E-state index in [0.717, 1.165) is 48.9 Å². The second kappa shape index (κ2) is 8.02. The number of piperidine rings is 1. The number of rotatable bonds is 5. The van der Waals surface area contributed by atoms with Gasteiger partial charge < -0.3 is 10.3 Å². The Kier molecular flexibility index (Phi) is 5.31. The number of likely N-dealkylation sites (tertiary alicyclic amines) is 1. The minimum atomic E-state index is -0.0785. The summed E-state index contributed by atoms with van der Waals surface area (Å²) in [5.41, 5.74) is 2.01. The number of thiophene rings is 1. The van der Waals surface area contributed by atoms with Crippen LogP contribution in [-0.4, -0.2) is 40.0 Å². The molecule has 0 aliphatic carbocycles. The van der Waals surface area contributed by atoms with Gasteiger partial charge in [-0.25, -0.2) is 9.97 Å². The normalized spacial score (nSPS) is 17.7. The third-order valence-electron chi connectivity index (χ3n) is 4.96. The maximum atomic E-state index is 12.2. The van der Waals surface area contributed by atoms with E-state index in [1.54, 1.807) is 23.6 Å². The van der Waals surface area contributed by atoms with Crippen LogP contribution < -0.4 is 10.9 Å². The number of aromatic nitrogens is 3. The molecule has 4 heterocycles. The first kappa shape index (κ1) is 17.9. The molecule has 2 N–H and O–H groups in total. The van der Waals surface area contributed by atoms with Crippen molar-refractivity contribution in [3.8, 4) is 10.7 Å². The van der Waals surface area contributed by atoms with Gasteiger partial charge in [-0.05, 0) is 36.9 Å². The SMILES string of the molecule is CNc1ncccc1CN1CCC[C@H](c2cc(=O)[nH]c(-c3cccs3)n2)C1. The molecule has 140 valence electrons. The summed E-state index contributed by atoms with van der Waals surface area (Å²) in [7, 11) is 1.90. The van der Waals surface area contributed by atoms with Crippen molar-refractivity contribution in [2.45, 2.75) is 25.3 Å². The summed E-state index contributed by atoms with van der Waals surface area (Å²) in [6.07, 6.45) is 3.96. The molecule has 0 saturated carbocycles. The first-order valence-corrected chi connectivity index (χ1v) is 10.1. The number of nitrogens with zero attached hydrogens (tertiary/aromatic N) is 3. The number of aromatic amines is 1. The van der Waals surface area contributed by atoms with E-state index >= 15 is 0 Å². The third-order valence-corrected chi connectivity index (χ3v) is 5.84. The number of pyridine rings is 1. The molecule has 7 heteroatoms. The van der Waals surface area contributed by atoms with E-state index < -0.39 is 0 Å². The lowest BCUT2D eigenvalue weighted by molar-refractivity contribution is 0.198. The first-order valence-electron chi connectivity index (χ1n) is 9.22. The molecule has 1 atom stereocenters. The van der Waals surface area contributed by atoms with Crippen molar-refractivity contribution in [3.05, 3.63) is 63.5 Å². The fourth-order valence-corrected chi connectivity index (χ4v) is 4.36. The van der Waals surface area contributed by atoms with Gasteiger partial charge in [-0.1, -0.05) is 12.1 Å². The van der Waals surface area contributed by atoms with Crippen LogP contribution in [0.3, 0.4) is 0 Å². The number of H-pyrrole nitrogens is 1. The Labute approximate surface area is 162 Å². The van der Waals surface area contributed by atoms with Gasteiger partial charge in [-0.2, -0.15) is 0 Å². The summed E-state index contributed by atoms with van der Waals surface area (Å²) < 4.78 is 0. The average molecular weight is 382 g/mol. The third kappa shape index (κ3) is 4.09. The summed E-state index contributed by atoms with van der Waals surface area (Å²) in [6, 6.07) is 9.71. The predicted molar refractivity (Wildman–Crippen MR) is 109 cm³/mol. The summed E-state index contributed by atoms with van der Waals surface area (Å²) >= 11 is 1.59. The van der Waals surface area contributed by atoms with Gasteiger partial charge in [-0.3, -0.25) is 9.69 Å². The fraction of sp³-hybridized carbons (Fsp3) is 0.350. The van der Waals surface area contributed by atoms with E-state index in [-0.39, 0.29) is 11.5 Å². The molecule has 0 radical (unpaired) electrons. The highest BCUT2D eigenvalue weighted by Gasteiger charge is 2.24. The standard InChI is InChI=1S/C20H23N5OS/c1-21-19-15(5-2-8-22-19)13-25-9-3-6-14(12-25)16-11-18(26)24-20(23-16)17-7-4-10-27-17/h2,4-5,7-8,10-11,14H,3,6,9,12-13H2,1H3,(H,21,22)(H,23,24,26)/t14-/m0/s1. The molecular formula is C20H23N5OS. The topological polar surface area (TPSA) is 73.9 Å². The van der Waals surface area contributed by atoms with E-state index in [9.17, 15) is 4.79 Å². The molecule has 3 aromatic rings.